The predicted octanol–water partition coefficient (Wildman–Crippen LogP) is 10.00. The number of ether oxygens (including phenoxy) is 2. The minimum Gasteiger partial charge on any atom is -0.457 e. The van der Waals surface area contributed by atoms with Crippen molar-refractivity contribution in [1.82, 2.24) is 0 Å². The van der Waals surface area contributed by atoms with Gasteiger partial charge in [-0.1, -0.05) is 127 Å². The zero-order valence-corrected chi connectivity index (χ0v) is 33.0. The van der Waals surface area contributed by atoms with Gasteiger partial charge in [0.1, 0.15) is 12.2 Å². The number of aliphatic hydroxyl groups excluding tert-OH is 2. The van der Waals surface area contributed by atoms with Crippen molar-refractivity contribution in [3.8, 4) is 0 Å². The minimum atomic E-state index is -4.64. The van der Waals surface area contributed by atoms with Gasteiger partial charge in [0.2, 0.25) is 0 Å². The van der Waals surface area contributed by atoms with E-state index in [9.17, 15) is 29.3 Å². The first-order chi connectivity index (χ1) is 24.8. The van der Waals surface area contributed by atoms with Crippen LogP contribution in [0.5, 0.6) is 0 Å². The summed E-state index contributed by atoms with van der Waals surface area (Å²) >= 11 is 0. The Labute approximate surface area is 310 Å². The molecule has 0 aromatic carbocycles. The van der Waals surface area contributed by atoms with Gasteiger partial charge in [0.05, 0.1) is 26.4 Å². The molecule has 0 saturated heterocycles. The third-order valence-electron chi connectivity index (χ3n) is 8.31. The van der Waals surface area contributed by atoms with E-state index in [4.69, 9.17) is 18.5 Å². The molecular weight excluding hydrogens is 671 g/mol. The second-order valence-corrected chi connectivity index (χ2v) is 14.7. The number of allylic oxidation sites excluding steroid dienone is 6. The summed E-state index contributed by atoms with van der Waals surface area (Å²) in [5, 5.41) is 19.1. The second kappa shape index (κ2) is 36.5. The lowest BCUT2D eigenvalue weighted by Crippen LogP contribution is -2.28. The SMILES string of the molecule is CCC/C=C\C/C=C\CCCCCCCC(=O)OC(CO)COP(=O)(O)OCC(CO)OC(=O)CCCCCCC/C=C\CCCCCCCC. The number of carbonyl (C=O) groups is 2. The van der Waals surface area contributed by atoms with Gasteiger partial charge in [0, 0.05) is 12.8 Å². The Morgan fingerprint density at radius 1 is 0.529 bits per heavy atom. The van der Waals surface area contributed by atoms with Gasteiger partial charge in [-0.2, -0.15) is 0 Å². The second-order valence-electron chi connectivity index (χ2n) is 13.3. The van der Waals surface area contributed by atoms with Gasteiger partial charge in [-0.15, -0.1) is 0 Å². The molecule has 0 aliphatic heterocycles. The van der Waals surface area contributed by atoms with Crippen LogP contribution >= 0.6 is 7.82 Å². The highest BCUT2D eigenvalue weighted by molar-refractivity contribution is 7.47. The van der Waals surface area contributed by atoms with Crippen LogP contribution < -0.4 is 0 Å². The molecule has 0 fully saturated rings. The topological polar surface area (TPSA) is 149 Å². The lowest BCUT2D eigenvalue weighted by Gasteiger charge is -2.20. The van der Waals surface area contributed by atoms with Crippen LogP contribution in [0.4, 0.5) is 0 Å². The molecule has 0 rings (SSSR count). The molecule has 0 aromatic heterocycles. The molecule has 51 heavy (non-hydrogen) atoms. The molecule has 0 spiro atoms. The van der Waals surface area contributed by atoms with Crippen LogP contribution in [0.2, 0.25) is 0 Å². The zero-order chi connectivity index (χ0) is 37.7. The van der Waals surface area contributed by atoms with Crippen LogP contribution in [0.25, 0.3) is 0 Å². The van der Waals surface area contributed by atoms with Crippen molar-refractivity contribution in [2.24, 2.45) is 0 Å². The molecule has 0 heterocycles. The number of aliphatic hydroxyl groups is 2. The van der Waals surface area contributed by atoms with E-state index in [1.54, 1.807) is 0 Å². The van der Waals surface area contributed by atoms with E-state index >= 15 is 0 Å². The number of hydrogen-bond acceptors (Lipinski definition) is 9. The molecule has 0 bridgehead atoms. The zero-order valence-electron chi connectivity index (χ0n) is 32.1. The summed E-state index contributed by atoms with van der Waals surface area (Å²) < 4.78 is 32.4. The first-order valence-electron chi connectivity index (χ1n) is 19.9. The maximum atomic E-state index is 12.3. The van der Waals surface area contributed by atoms with E-state index in [0.29, 0.717) is 12.8 Å². The molecule has 3 unspecified atom stereocenters. The molecule has 10 nitrogen and oxygen atoms in total. The largest absolute Gasteiger partial charge is 0.472 e. The van der Waals surface area contributed by atoms with Gasteiger partial charge in [-0.3, -0.25) is 18.6 Å². The Balaban J connectivity index is 3.99. The summed E-state index contributed by atoms with van der Waals surface area (Å²) in [4.78, 5) is 34.4. The lowest BCUT2D eigenvalue weighted by atomic mass is 10.1. The highest BCUT2D eigenvalue weighted by atomic mass is 31.2. The number of phosphoric ester groups is 1. The molecule has 3 atom stereocenters. The van der Waals surface area contributed by atoms with Gasteiger partial charge >= 0.3 is 19.8 Å². The van der Waals surface area contributed by atoms with Crippen molar-refractivity contribution >= 4 is 19.8 Å². The minimum absolute atomic E-state index is 0.175. The molecule has 0 saturated carbocycles. The van der Waals surface area contributed by atoms with Crippen LogP contribution in [-0.2, 0) is 32.7 Å². The van der Waals surface area contributed by atoms with E-state index in [1.807, 2.05) is 0 Å². The summed E-state index contributed by atoms with van der Waals surface area (Å²) in [6.07, 6.45) is 35.5. The van der Waals surface area contributed by atoms with Gasteiger partial charge in [0.15, 0.2) is 0 Å². The maximum Gasteiger partial charge on any atom is 0.472 e. The van der Waals surface area contributed by atoms with E-state index < -0.39 is 58.4 Å². The number of unbranched alkanes of at least 4 members (excludes halogenated alkanes) is 17. The molecule has 0 radical (unpaired) electrons. The Kier molecular flexibility index (Phi) is 35.2. The first-order valence-corrected chi connectivity index (χ1v) is 21.4. The molecule has 0 aliphatic carbocycles. The third-order valence-corrected chi connectivity index (χ3v) is 9.26. The van der Waals surface area contributed by atoms with E-state index in [2.05, 4.69) is 50.3 Å². The number of hydrogen-bond donors (Lipinski definition) is 3. The molecule has 0 aliphatic rings. The normalized spacial score (nSPS) is 14.4. The first kappa shape index (κ1) is 49.2. The molecule has 11 heteroatoms. The van der Waals surface area contributed by atoms with Crippen molar-refractivity contribution < 1.29 is 47.8 Å². The summed E-state index contributed by atoms with van der Waals surface area (Å²) in [5.41, 5.74) is 0. The number of phosphoric acid groups is 1. The number of esters is 2. The summed E-state index contributed by atoms with van der Waals surface area (Å²) in [5.74, 6) is -1.04. The Morgan fingerprint density at radius 2 is 0.902 bits per heavy atom. The standard InChI is InChI=1S/C40H73O10P/c1-3-5-7-9-11-13-15-17-18-20-22-24-26-28-30-32-40(44)50-38(34-42)36-48-51(45,46)47-35-37(33-41)49-39(43)31-29-27-25-23-21-19-16-14-12-10-8-6-4-2/h8,10,14,16-18,37-38,41-42H,3-7,9,11-13,15,19-36H2,1-2H3,(H,45,46)/b10-8-,16-14-,18-17-. The Hall–Kier alpha value is -1.81. The van der Waals surface area contributed by atoms with E-state index in [1.165, 1.54) is 44.9 Å². The predicted molar refractivity (Wildman–Crippen MR) is 205 cm³/mol. The summed E-state index contributed by atoms with van der Waals surface area (Å²) in [6.45, 7) is 2.10. The quantitative estimate of drug-likeness (QED) is 0.0243. The van der Waals surface area contributed by atoms with Gasteiger partial charge < -0.3 is 24.6 Å². The Bertz CT molecular complexity index is 952. The molecular formula is C40H73O10P. The highest BCUT2D eigenvalue weighted by Gasteiger charge is 2.27. The van der Waals surface area contributed by atoms with Crippen molar-refractivity contribution in [2.75, 3.05) is 26.4 Å². The average Bonchev–Trinajstić information content (AvgIpc) is 3.12. The monoisotopic (exact) mass is 744 g/mol. The number of carbonyl (C=O) groups excluding carboxylic acids is 2. The van der Waals surface area contributed by atoms with Crippen molar-refractivity contribution in [3.05, 3.63) is 36.5 Å². The molecule has 3 N–H and O–H groups in total. The molecule has 0 aromatic rings. The van der Waals surface area contributed by atoms with Crippen LogP contribution in [0.15, 0.2) is 36.5 Å². The van der Waals surface area contributed by atoms with Crippen molar-refractivity contribution in [3.63, 3.8) is 0 Å². The fraction of sp³-hybridized carbons (Fsp3) is 0.800. The molecule has 0 amide bonds. The number of rotatable bonds is 37. The fourth-order valence-electron chi connectivity index (χ4n) is 5.20. The van der Waals surface area contributed by atoms with Crippen molar-refractivity contribution in [2.45, 2.75) is 180 Å². The molecule has 298 valence electrons. The van der Waals surface area contributed by atoms with Gasteiger partial charge in [-0.25, -0.2) is 4.57 Å². The van der Waals surface area contributed by atoms with Crippen LogP contribution in [-0.4, -0.2) is 65.7 Å². The van der Waals surface area contributed by atoms with Crippen LogP contribution in [0, 0.1) is 0 Å². The summed E-state index contributed by atoms with van der Waals surface area (Å²) in [7, 11) is -4.64. The van der Waals surface area contributed by atoms with E-state index in [-0.39, 0.29) is 12.8 Å². The van der Waals surface area contributed by atoms with Crippen LogP contribution in [0.1, 0.15) is 168 Å². The lowest BCUT2D eigenvalue weighted by molar-refractivity contribution is -0.153. The smallest absolute Gasteiger partial charge is 0.457 e. The van der Waals surface area contributed by atoms with Gasteiger partial charge in [0.25, 0.3) is 0 Å². The van der Waals surface area contributed by atoms with Crippen molar-refractivity contribution in [1.29, 1.82) is 0 Å². The third kappa shape index (κ3) is 35.0. The Morgan fingerprint density at radius 3 is 1.31 bits per heavy atom. The summed E-state index contributed by atoms with van der Waals surface area (Å²) in [6, 6.07) is 0. The van der Waals surface area contributed by atoms with Crippen LogP contribution in [0.3, 0.4) is 0 Å². The maximum absolute atomic E-state index is 12.3. The fourth-order valence-corrected chi connectivity index (χ4v) is 5.99. The van der Waals surface area contributed by atoms with Gasteiger partial charge in [-0.05, 0) is 64.2 Å². The van der Waals surface area contributed by atoms with E-state index in [0.717, 1.165) is 83.5 Å². The average molecular weight is 745 g/mol. The highest BCUT2D eigenvalue weighted by Crippen LogP contribution is 2.43.